The molecule has 18 heavy (non-hydrogen) atoms. The highest BCUT2D eigenvalue weighted by Gasteiger charge is 2.21. The number of aliphatic hydroxyl groups excluding tert-OH is 1. The van der Waals surface area contributed by atoms with E-state index in [0.717, 1.165) is 9.79 Å². The molecule has 0 spiro atoms. The van der Waals surface area contributed by atoms with E-state index < -0.39 is 12.1 Å². The van der Waals surface area contributed by atoms with Crippen LogP contribution >= 0.6 is 35.1 Å². The topological polar surface area (TPSA) is 46.5 Å². The van der Waals surface area contributed by atoms with Crippen molar-refractivity contribution < 1.29 is 14.6 Å². The van der Waals surface area contributed by atoms with E-state index in [0.29, 0.717) is 10.6 Å². The summed E-state index contributed by atoms with van der Waals surface area (Å²) < 4.78 is 4.78. The maximum absolute atomic E-state index is 11.5. The number of rotatable bonds is 5. The van der Waals surface area contributed by atoms with Gasteiger partial charge in [0.1, 0.15) is 0 Å². The molecule has 0 aliphatic rings. The summed E-state index contributed by atoms with van der Waals surface area (Å²) in [7, 11) is 0. The van der Waals surface area contributed by atoms with E-state index in [-0.39, 0.29) is 6.61 Å². The van der Waals surface area contributed by atoms with E-state index in [1.54, 1.807) is 19.1 Å². The van der Waals surface area contributed by atoms with Crippen molar-refractivity contribution in [3.05, 3.63) is 22.7 Å². The summed E-state index contributed by atoms with van der Waals surface area (Å²) in [4.78, 5) is 13.4. The van der Waals surface area contributed by atoms with Crippen molar-refractivity contribution >= 4 is 41.1 Å². The van der Waals surface area contributed by atoms with Crippen LogP contribution in [-0.4, -0.2) is 30.2 Å². The Morgan fingerprint density at radius 3 is 2.61 bits per heavy atom. The highest BCUT2D eigenvalue weighted by atomic mass is 35.5. The van der Waals surface area contributed by atoms with Crippen LogP contribution in [0.15, 0.2) is 21.9 Å². The number of carbonyl (C=O) groups is 1. The SMILES string of the molecule is CCOC(=O)C(O)c1cc(Cl)c(SC)c(SC)c1. The number of benzene rings is 1. The number of esters is 1. The van der Waals surface area contributed by atoms with Crippen LogP contribution in [-0.2, 0) is 9.53 Å². The summed E-state index contributed by atoms with van der Waals surface area (Å²) in [5.74, 6) is -0.655. The summed E-state index contributed by atoms with van der Waals surface area (Å²) >= 11 is 9.20. The number of ether oxygens (including phenoxy) is 1. The van der Waals surface area contributed by atoms with Crippen LogP contribution in [0.25, 0.3) is 0 Å². The van der Waals surface area contributed by atoms with E-state index >= 15 is 0 Å². The van der Waals surface area contributed by atoms with Crippen molar-refractivity contribution in [2.75, 3.05) is 19.1 Å². The van der Waals surface area contributed by atoms with Crippen molar-refractivity contribution in [3.8, 4) is 0 Å². The molecule has 1 atom stereocenters. The molecule has 100 valence electrons. The van der Waals surface area contributed by atoms with Crippen LogP contribution in [0.5, 0.6) is 0 Å². The zero-order valence-corrected chi connectivity index (χ0v) is 12.8. The highest BCUT2D eigenvalue weighted by molar-refractivity contribution is 8.01. The largest absolute Gasteiger partial charge is 0.464 e. The molecule has 1 aromatic rings. The lowest BCUT2D eigenvalue weighted by Crippen LogP contribution is -2.15. The van der Waals surface area contributed by atoms with E-state index in [1.807, 2.05) is 12.5 Å². The molecule has 3 nitrogen and oxygen atoms in total. The lowest BCUT2D eigenvalue weighted by molar-refractivity contribution is -0.153. The predicted molar refractivity (Wildman–Crippen MR) is 76.6 cm³/mol. The second-order valence-corrected chi connectivity index (χ2v) is 5.46. The Morgan fingerprint density at radius 2 is 2.11 bits per heavy atom. The van der Waals surface area contributed by atoms with Crippen LogP contribution in [0.3, 0.4) is 0 Å². The molecule has 0 fully saturated rings. The van der Waals surface area contributed by atoms with Gasteiger partial charge in [-0.05, 0) is 37.1 Å². The monoisotopic (exact) mass is 306 g/mol. The van der Waals surface area contributed by atoms with Gasteiger partial charge in [-0.3, -0.25) is 0 Å². The molecule has 0 saturated heterocycles. The average Bonchev–Trinajstić information content (AvgIpc) is 2.36. The van der Waals surface area contributed by atoms with E-state index in [1.165, 1.54) is 23.5 Å². The molecule has 1 N–H and O–H groups in total. The molecule has 0 aliphatic carbocycles. The van der Waals surface area contributed by atoms with Crippen molar-refractivity contribution in [3.63, 3.8) is 0 Å². The van der Waals surface area contributed by atoms with Crippen molar-refractivity contribution in [1.29, 1.82) is 0 Å². The van der Waals surface area contributed by atoms with Crippen LogP contribution in [0.1, 0.15) is 18.6 Å². The average molecular weight is 307 g/mol. The normalized spacial score (nSPS) is 12.3. The standard InChI is InChI=1S/C12H15ClO3S2/c1-4-16-12(15)10(14)7-5-8(13)11(18-3)9(6-7)17-2/h5-6,10,14H,4H2,1-3H3. The summed E-state index contributed by atoms with van der Waals surface area (Å²) in [5, 5.41) is 10.4. The van der Waals surface area contributed by atoms with Crippen molar-refractivity contribution in [1.82, 2.24) is 0 Å². The molecule has 0 heterocycles. The minimum absolute atomic E-state index is 0.238. The van der Waals surface area contributed by atoms with Gasteiger partial charge in [-0.25, -0.2) is 4.79 Å². The van der Waals surface area contributed by atoms with Crippen molar-refractivity contribution in [2.24, 2.45) is 0 Å². The van der Waals surface area contributed by atoms with E-state index in [2.05, 4.69) is 0 Å². The third-order valence-corrected chi connectivity index (χ3v) is 4.43. The van der Waals surface area contributed by atoms with Gasteiger partial charge in [-0.15, -0.1) is 23.5 Å². The number of thioether (sulfide) groups is 2. The predicted octanol–water partition coefficient (Wildman–Crippen LogP) is 3.38. The van der Waals surface area contributed by atoms with Gasteiger partial charge in [-0.1, -0.05) is 11.6 Å². The van der Waals surface area contributed by atoms with Crippen LogP contribution in [0.2, 0.25) is 5.02 Å². The van der Waals surface area contributed by atoms with Gasteiger partial charge in [0.2, 0.25) is 0 Å². The quantitative estimate of drug-likeness (QED) is 0.667. The molecule has 6 heteroatoms. The lowest BCUT2D eigenvalue weighted by atomic mass is 10.1. The lowest BCUT2D eigenvalue weighted by Gasteiger charge is -2.14. The molecule has 1 aromatic carbocycles. The van der Waals surface area contributed by atoms with E-state index in [9.17, 15) is 9.90 Å². The molecule has 0 saturated carbocycles. The fourth-order valence-electron chi connectivity index (χ4n) is 1.45. The third-order valence-electron chi connectivity index (χ3n) is 2.28. The smallest absolute Gasteiger partial charge is 0.339 e. The first-order valence-electron chi connectivity index (χ1n) is 5.31. The minimum atomic E-state index is -1.29. The third kappa shape index (κ3) is 3.57. The fraction of sp³-hybridized carbons (Fsp3) is 0.417. The number of halogens is 1. The van der Waals surface area contributed by atoms with Gasteiger partial charge in [0, 0.05) is 9.79 Å². The van der Waals surface area contributed by atoms with Gasteiger partial charge >= 0.3 is 5.97 Å². The maximum Gasteiger partial charge on any atom is 0.339 e. The van der Waals surface area contributed by atoms with Gasteiger partial charge in [0.05, 0.1) is 11.6 Å². The summed E-state index contributed by atoms with van der Waals surface area (Å²) in [6.45, 7) is 1.93. The maximum atomic E-state index is 11.5. The van der Waals surface area contributed by atoms with Crippen LogP contribution in [0, 0.1) is 0 Å². The zero-order valence-electron chi connectivity index (χ0n) is 10.4. The number of carbonyl (C=O) groups excluding carboxylic acids is 1. The Kier molecular flexibility index (Phi) is 6.35. The molecular weight excluding hydrogens is 292 g/mol. The second kappa shape index (κ2) is 7.28. The molecule has 0 radical (unpaired) electrons. The number of hydrogen-bond donors (Lipinski definition) is 1. The summed E-state index contributed by atoms with van der Waals surface area (Å²) in [6, 6.07) is 3.37. The number of aliphatic hydroxyl groups is 1. The zero-order chi connectivity index (χ0) is 13.7. The second-order valence-electron chi connectivity index (χ2n) is 3.39. The summed E-state index contributed by atoms with van der Waals surface area (Å²) in [5.41, 5.74) is 0.459. The molecule has 0 bridgehead atoms. The first-order valence-corrected chi connectivity index (χ1v) is 8.14. The molecule has 0 aliphatic heterocycles. The molecular formula is C12H15ClO3S2. The van der Waals surface area contributed by atoms with Crippen molar-refractivity contribution in [2.45, 2.75) is 22.8 Å². The number of hydrogen-bond acceptors (Lipinski definition) is 5. The Bertz CT molecular complexity index is 438. The van der Waals surface area contributed by atoms with E-state index in [4.69, 9.17) is 16.3 Å². The fourth-order valence-corrected chi connectivity index (χ4v) is 3.53. The Morgan fingerprint density at radius 1 is 1.44 bits per heavy atom. The van der Waals surface area contributed by atoms with Gasteiger partial charge < -0.3 is 9.84 Å². The molecule has 0 amide bonds. The minimum Gasteiger partial charge on any atom is -0.464 e. The van der Waals surface area contributed by atoms with Gasteiger partial charge in [-0.2, -0.15) is 0 Å². The molecule has 1 rings (SSSR count). The molecule has 0 aromatic heterocycles. The summed E-state index contributed by atoms with van der Waals surface area (Å²) in [6.07, 6.45) is 2.57. The van der Waals surface area contributed by atoms with Gasteiger partial charge in [0.15, 0.2) is 6.10 Å². The Balaban J connectivity index is 3.11. The van der Waals surface area contributed by atoms with Crippen LogP contribution < -0.4 is 0 Å². The Labute approximate surface area is 120 Å². The first-order chi connectivity index (χ1) is 8.54. The first kappa shape index (κ1) is 15.7. The highest BCUT2D eigenvalue weighted by Crippen LogP contribution is 2.37. The Hall–Kier alpha value is -0.360. The molecule has 1 unspecified atom stereocenters. The van der Waals surface area contributed by atoms with Gasteiger partial charge in [0.25, 0.3) is 0 Å². The van der Waals surface area contributed by atoms with Crippen LogP contribution in [0.4, 0.5) is 0 Å².